The lowest BCUT2D eigenvalue weighted by molar-refractivity contribution is 0.0596. The molecule has 132 valence electrons. The summed E-state index contributed by atoms with van der Waals surface area (Å²) in [6.07, 6.45) is 1.77. The number of likely N-dealkylation sites (tertiary alicyclic amines) is 1. The normalized spacial score (nSPS) is 14.3. The van der Waals surface area contributed by atoms with Gasteiger partial charge in [0.2, 0.25) is 0 Å². The lowest BCUT2D eigenvalue weighted by Gasteiger charge is -2.38. The molecule has 1 aliphatic rings. The molecule has 0 saturated carbocycles. The van der Waals surface area contributed by atoms with Crippen molar-refractivity contribution in [3.05, 3.63) is 84.3 Å². The average Bonchev–Trinajstić information content (AvgIpc) is 3.11. The van der Waals surface area contributed by atoms with Crippen molar-refractivity contribution in [2.45, 2.75) is 5.92 Å². The summed E-state index contributed by atoms with van der Waals surface area (Å²) in [5.74, 6) is 1.30. The van der Waals surface area contributed by atoms with Crippen LogP contribution >= 0.6 is 0 Å². The molecule has 0 radical (unpaired) electrons. The van der Waals surface area contributed by atoms with Crippen LogP contribution in [0, 0.1) is 0 Å². The Balaban J connectivity index is 1.27. The minimum atomic E-state index is 0.0648. The number of aromatic amines is 1. The molecule has 1 fully saturated rings. The van der Waals surface area contributed by atoms with Crippen molar-refractivity contribution in [3.63, 3.8) is 0 Å². The molecule has 1 amide bonds. The second-order valence-corrected chi connectivity index (χ2v) is 6.84. The van der Waals surface area contributed by atoms with Gasteiger partial charge in [0.25, 0.3) is 5.91 Å². The van der Waals surface area contributed by atoms with Crippen molar-refractivity contribution < 1.29 is 4.79 Å². The highest BCUT2D eigenvalue weighted by atomic mass is 16.2. The van der Waals surface area contributed by atoms with Gasteiger partial charge >= 0.3 is 0 Å². The first-order valence-corrected chi connectivity index (χ1v) is 9.03. The van der Waals surface area contributed by atoms with Crippen LogP contribution in [0.15, 0.2) is 72.9 Å². The van der Waals surface area contributed by atoms with Gasteiger partial charge in [-0.05, 0) is 36.4 Å². The number of amides is 1. The molecule has 27 heavy (non-hydrogen) atoms. The molecule has 5 heteroatoms. The number of hydrogen-bond acceptors (Lipinski definition) is 3. The molecule has 0 atom stereocenters. The highest BCUT2D eigenvalue weighted by molar-refractivity contribution is 5.95. The number of benzene rings is 2. The molecule has 2 aromatic heterocycles. The second-order valence-electron chi connectivity index (χ2n) is 6.84. The van der Waals surface area contributed by atoms with E-state index in [1.165, 1.54) is 0 Å². The summed E-state index contributed by atoms with van der Waals surface area (Å²) in [4.78, 5) is 26.9. The van der Waals surface area contributed by atoms with Crippen LogP contribution in [-0.4, -0.2) is 38.8 Å². The minimum absolute atomic E-state index is 0.0648. The number of nitrogens with one attached hydrogen (secondary N) is 1. The van der Waals surface area contributed by atoms with Gasteiger partial charge in [0.1, 0.15) is 5.82 Å². The number of fused-ring (bicyclic) bond motifs is 1. The fourth-order valence-corrected chi connectivity index (χ4v) is 3.48. The van der Waals surface area contributed by atoms with Gasteiger partial charge < -0.3 is 9.88 Å². The lowest BCUT2D eigenvalue weighted by atomic mass is 9.97. The maximum Gasteiger partial charge on any atom is 0.253 e. The summed E-state index contributed by atoms with van der Waals surface area (Å²) >= 11 is 0. The summed E-state index contributed by atoms with van der Waals surface area (Å²) in [7, 11) is 0. The fourth-order valence-electron chi connectivity index (χ4n) is 3.48. The molecule has 0 bridgehead atoms. The number of imidazole rings is 1. The Hall–Kier alpha value is -3.47. The molecule has 0 spiro atoms. The Morgan fingerprint density at radius 2 is 1.74 bits per heavy atom. The quantitative estimate of drug-likeness (QED) is 0.608. The van der Waals surface area contributed by atoms with E-state index in [1.807, 2.05) is 71.6 Å². The highest BCUT2D eigenvalue weighted by Gasteiger charge is 2.34. The Morgan fingerprint density at radius 3 is 2.48 bits per heavy atom. The van der Waals surface area contributed by atoms with E-state index >= 15 is 0 Å². The summed E-state index contributed by atoms with van der Waals surface area (Å²) < 4.78 is 0. The number of H-pyrrole nitrogens is 1. The standard InChI is InChI=1S/C22H18N4O/c27-22(16-10-8-15(9-11-16)18-5-3-4-12-23-18)26-13-17(14-26)21-24-19-6-1-2-7-20(19)25-21/h1-12,17H,13-14H2,(H,24,25). The maximum atomic E-state index is 12.7. The first-order valence-electron chi connectivity index (χ1n) is 9.03. The van der Waals surface area contributed by atoms with E-state index in [0.717, 1.165) is 28.1 Å². The van der Waals surface area contributed by atoms with Crippen LogP contribution in [0.1, 0.15) is 22.1 Å². The van der Waals surface area contributed by atoms with Crippen LogP contribution in [0.25, 0.3) is 22.3 Å². The van der Waals surface area contributed by atoms with Gasteiger partial charge in [-0.2, -0.15) is 0 Å². The first-order chi connectivity index (χ1) is 13.3. The summed E-state index contributed by atoms with van der Waals surface area (Å²) in [5.41, 5.74) is 4.64. The molecule has 1 aliphatic heterocycles. The molecule has 0 aliphatic carbocycles. The molecular formula is C22H18N4O. The average molecular weight is 354 g/mol. The van der Waals surface area contributed by atoms with Gasteiger partial charge in [0, 0.05) is 30.4 Å². The Kier molecular flexibility index (Phi) is 3.71. The largest absolute Gasteiger partial charge is 0.342 e. The van der Waals surface area contributed by atoms with E-state index in [9.17, 15) is 4.79 Å². The minimum Gasteiger partial charge on any atom is -0.342 e. The van der Waals surface area contributed by atoms with Crippen LogP contribution in [0.2, 0.25) is 0 Å². The third-order valence-corrected chi connectivity index (χ3v) is 5.06. The van der Waals surface area contributed by atoms with Gasteiger partial charge in [0.15, 0.2) is 0 Å². The van der Waals surface area contributed by atoms with E-state index in [4.69, 9.17) is 0 Å². The van der Waals surface area contributed by atoms with Crippen LogP contribution in [-0.2, 0) is 0 Å². The lowest BCUT2D eigenvalue weighted by Crippen LogP contribution is -2.48. The highest BCUT2D eigenvalue weighted by Crippen LogP contribution is 2.28. The van der Waals surface area contributed by atoms with E-state index in [2.05, 4.69) is 15.0 Å². The van der Waals surface area contributed by atoms with Crippen LogP contribution in [0.5, 0.6) is 0 Å². The molecule has 3 heterocycles. The first kappa shape index (κ1) is 15.8. The topological polar surface area (TPSA) is 61.9 Å². The van der Waals surface area contributed by atoms with Crippen LogP contribution in [0.3, 0.4) is 0 Å². The molecule has 1 N–H and O–H groups in total. The summed E-state index contributed by atoms with van der Waals surface area (Å²) in [6.45, 7) is 1.39. The Labute approximate surface area is 156 Å². The van der Waals surface area contributed by atoms with Crippen LogP contribution in [0.4, 0.5) is 0 Å². The number of aromatic nitrogens is 3. The summed E-state index contributed by atoms with van der Waals surface area (Å²) in [6, 6.07) is 21.5. The number of para-hydroxylation sites is 2. The van der Waals surface area contributed by atoms with Crippen molar-refractivity contribution >= 4 is 16.9 Å². The number of rotatable bonds is 3. The zero-order chi connectivity index (χ0) is 18.2. The third-order valence-electron chi connectivity index (χ3n) is 5.06. The predicted octanol–water partition coefficient (Wildman–Crippen LogP) is 3.86. The summed E-state index contributed by atoms with van der Waals surface area (Å²) in [5, 5.41) is 0. The maximum absolute atomic E-state index is 12.7. The van der Waals surface area contributed by atoms with Crippen molar-refractivity contribution in [2.24, 2.45) is 0 Å². The zero-order valence-electron chi connectivity index (χ0n) is 14.7. The SMILES string of the molecule is O=C(c1ccc(-c2ccccn2)cc1)N1CC(c2nc3ccccc3[nH]2)C1. The monoisotopic (exact) mass is 354 g/mol. The van der Waals surface area contributed by atoms with Gasteiger partial charge in [-0.3, -0.25) is 9.78 Å². The molecule has 5 nitrogen and oxygen atoms in total. The van der Waals surface area contributed by atoms with Gasteiger partial charge in [-0.15, -0.1) is 0 Å². The fraction of sp³-hybridized carbons (Fsp3) is 0.136. The molecule has 5 rings (SSSR count). The van der Waals surface area contributed by atoms with E-state index in [-0.39, 0.29) is 11.8 Å². The van der Waals surface area contributed by atoms with Crippen molar-refractivity contribution in [1.82, 2.24) is 19.9 Å². The van der Waals surface area contributed by atoms with Crippen molar-refractivity contribution in [2.75, 3.05) is 13.1 Å². The van der Waals surface area contributed by atoms with Crippen molar-refractivity contribution in [1.29, 1.82) is 0 Å². The number of pyridine rings is 1. The molecule has 0 unspecified atom stereocenters. The van der Waals surface area contributed by atoms with E-state index < -0.39 is 0 Å². The van der Waals surface area contributed by atoms with Gasteiger partial charge in [0.05, 0.1) is 22.6 Å². The molecule has 2 aromatic carbocycles. The molecular weight excluding hydrogens is 336 g/mol. The van der Waals surface area contributed by atoms with Crippen LogP contribution < -0.4 is 0 Å². The van der Waals surface area contributed by atoms with E-state index in [0.29, 0.717) is 18.7 Å². The predicted molar refractivity (Wildman–Crippen MR) is 104 cm³/mol. The Bertz CT molecular complexity index is 1060. The number of carbonyl (C=O) groups excluding carboxylic acids is 1. The molecule has 4 aromatic rings. The molecule has 1 saturated heterocycles. The van der Waals surface area contributed by atoms with Gasteiger partial charge in [-0.25, -0.2) is 4.98 Å². The van der Waals surface area contributed by atoms with Gasteiger partial charge in [-0.1, -0.05) is 30.3 Å². The van der Waals surface area contributed by atoms with Crippen molar-refractivity contribution in [3.8, 4) is 11.3 Å². The third kappa shape index (κ3) is 2.87. The Morgan fingerprint density at radius 1 is 0.963 bits per heavy atom. The number of carbonyl (C=O) groups is 1. The number of nitrogens with zero attached hydrogens (tertiary/aromatic N) is 3. The zero-order valence-corrected chi connectivity index (χ0v) is 14.7. The van der Waals surface area contributed by atoms with E-state index in [1.54, 1.807) is 6.20 Å². The number of hydrogen-bond donors (Lipinski definition) is 1. The smallest absolute Gasteiger partial charge is 0.253 e. The second kappa shape index (κ2) is 6.36.